The molecule has 91 heavy (non-hydrogen) atoms. The number of sulfonamides is 1. The van der Waals surface area contributed by atoms with Crippen LogP contribution in [0.5, 0.6) is 17.4 Å². The number of esters is 1. The van der Waals surface area contributed by atoms with E-state index in [-0.39, 0.29) is 61.5 Å². The smallest absolute Gasteiger partial charge is 0.317 e. The van der Waals surface area contributed by atoms with Gasteiger partial charge in [-0.1, -0.05) is 48.8 Å². The number of nitrogens with zero attached hydrogens (tertiary/aromatic N) is 5. The average Bonchev–Trinajstić information content (AvgIpc) is 1.67. The van der Waals surface area contributed by atoms with Crippen LogP contribution in [0.2, 0.25) is 0 Å². The third-order valence-electron chi connectivity index (χ3n) is 14.6. The number of aromatic nitrogens is 4. The molecule has 3 aliphatic rings. The maximum absolute atomic E-state index is 13.5. The van der Waals surface area contributed by atoms with Crippen molar-refractivity contribution in [3.8, 4) is 34.6 Å². The number of ketones is 1. The predicted octanol–water partition coefficient (Wildman–Crippen LogP) is 9.01. The molecule has 482 valence electrons. The second-order valence-electron chi connectivity index (χ2n) is 22.3. The van der Waals surface area contributed by atoms with Gasteiger partial charge in [0.1, 0.15) is 29.2 Å². The molecule has 10 rings (SSSR count). The van der Waals surface area contributed by atoms with Crippen molar-refractivity contribution in [2.24, 2.45) is 17.6 Å². The number of ether oxygens (including phenoxy) is 3. The summed E-state index contributed by atoms with van der Waals surface area (Å²) in [6.07, 6.45) is 6.41. The van der Waals surface area contributed by atoms with Gasteiger partial charge in [-0.15, -0.1) is 0 Å². The van der Waals surface area contributed by atoms with E-state index in [1.807, 2.05) is 31.6 Å². The van der Waals surface area contributed by atoms with Gasteiger partial charge in [0.05, 0.1) is 80.5 Å². The molecule has 1 fully saturated rings. The fourth-order valence-electron chi connectivity index (χ4n) is 9.63. The fourth-order valence-corrected chi connectivity index (χ4v) is 12.7. The van der Waals surface area contributed by atoms with Crippen LogP contribution in [-0.4, -0.2) is 110 Å². The molecular weight excluding hydrogens is 1340 g/mol. The van der Waals surface area contributed by atoms with E-state index >= 15 is 0 Å². The number of aryl methyl sites for hydroxylation is 4. The molecule has 0 spiro atoms. The number of phenolic OH excluding ortho intramolecular Hbond substituents is 1. The molecule has 27 heteroatoms. The summed E-state index contributed by atoms with van der Waals surface area (Å²) in [7, 11) is -4.69. The van der Waals surface area contributed by atoms with E-state index in [0.29, 0.717) is 87.7 Å². The molecule has 2 amide bonds. The Balaban J connectivity index is 0.000000179. The zero-order valence-electron chi connectivity index (χ0n) is 51.8. The van der Waals surface area contributed by atoms with E-state index in [4.69, 9.17) is 24.3 Å². The number of carbonyl (C=O) groups is 4. The molecule has 2 aliphatic heterocycles. The minimum absolute atomic E-state index is 0.00623. The minimum Gasteiger partial charge on any atom is -0.506 e. The third kappa shape index (κ3) is 16.8. The molecule has 2 aromatic heterocycles. The summed E-state index contributed by atoms with van der Waals surface area (Å²) in [5.74, 6) is -1.13. The van der Waals surface area contributed by atoms with Crippen LogP contribution in [0.1, 0.15) is 124 Å². The maximum Gasteiger partial charge on any atom is 0.317 e. The lowest BCUT2D eigenvalue weighted by Crippen LogP contribution is -2.31. The summed E-state index contributed by atoms with van der Waals surface area (Å²) >= 11 is 6.21. The number of oxime groups is 1. The molecule has 0 atom stereocenters. The van der Waals surface area contributed by atoms with Crippen LogP contribution in [0, 0.1) is 30.6 Å². The van der Waals surface area contributed by atoms with Crippen LogP contribution >= 0.6 is 31.9 Å². The Kier molecular flexibility index (Phi) is 22.8. The first-order valence-corrected chi connectivity index (χ1v) is 33.7. The normalized spacial score (nSPS) is 13.5. The molecule has 4 N–H and O–H groups in total. The van der Waals surface area contributed by atoms with Gasteiger partial charge < -0.3 is 34.6 Å². The summed E-state index contributed by atoms with van der Waals surface area (Å²) in [4.78, 5) is 80.3. The molecule has 0 radical (unpaired) electrons. The number of methoxy groups -OCH3 is 1. The number of H-pyrrole nitrogens is 1. The first kappa shape index (κ1) is 70.0. The highest BCUT2D eigenvalue weighted by atomic mass is 79.9. The van der Waals surface area contributed by atoms with E-state index in [1.54, 1.807) is 46.6 Å². The Bertz CT molecular complexity index is 4330. The van der Waals surface area contributed by atoms with Crippen molar-refractivity contribution in [3.63, 3.8) is 0 Å². The lowest BCUT2D eigenvalue weighted by atomic mass is 9.91. The molecule has 0 saturated heterocycles. The Morgan fingerprint density at radius 3 is 1.96 bits per heavy atom. The number of hydrogen-bond acceptors (Lipinski definition) is 17. The standard InChI is InChI=1S/C23H32N2O4.C18H18N2O5S.C16H17N3O5S.C7H3Br2NO/c1-7-16-13-15(3)14-17(8-2)18(16)19-20(26)24-9-11-28-12-10-25(24)21(19)29-22(27)23(4,5)6;1-25-16-5-3-2-4-15(16)18(22)20-26(23,24)14-10-6-12(7-11-14)17(21)19-13-8-9-13;1-9-10(15(20)11-8-17-19(2)16(11)21)4-5-13(25(3,22)23)14(9)12-6-7-24-18-12;8-5-1-4(3-10)2-6(9)7(5)11/h13-14H,7-12H2,1-6H3;2-7,10-11,13H,8-9H2,1H3,(H,19,21)(H,20,22);4-5,8,17H,6-7H2,1-3H3;1-2,11H. The molecule has 23 nitrogen and oxygen atoms in total. The maximum atomic E-state index is 13.5. The summed E-state index contributed by atoms with van der Waals surface area (Å²) in [6, 6.07) is 24.1. The van der Waals surface area contributed by atoms with E-state index in [9.17, 15) is 50.7 Å². The number of nitriles is 1. The number of fused-ring (bicyclic) bond motifs is 1. The predicted molar refractivity (Wildman–Crippen MR) is 347 cm³/mol. The Morgan fingerprint density at radius 2 is 1.43 bits per heavy atom. The Labute approximate surface area is 543 Å². The number of aromatic hydroxyl groups is 1. The van der Waals surface area contributed by atoms with Crippen molar-refractivity contribution in [3.05, 3.63) is 176 Å². The van der Waals surface area contributed by atoms with Crippen LogP contribution in [0.4, 0.5) is 0 Å². The van der Waals surface area contributed by atoms with Gasteiger partial charge in [0.2, 0.25) is 5.88 Å². The largest absolute Gasteiger partial charge is 0.506 e. The second kappa shape index (κ2) is 29.7. The number of sulfone groups is 1. The Morgan fingerprint density at radius 1 is 0.813 bits per heavy atom. The highest BCUT2D eigenvalue weighted by Gasteiger charge is 2.33. The van der Waals surface area contributed by atoms with Gasteiger partial charge in [-0.3, -0.25) is 33.4 Å². The topological polar surface area (TPSA) is 319 Å². The van der Waals surface area contributed by atoms with Gasteiger partial charge in [0.15, 0.2) is 15.6 Å². The van der Waals surface area contributed by atoms with Crippen LogP contribution in [0.25, 0.3) is 11.1 Å². The summed E-state index contributed by atoms with van der Waals surface area (Å²) in [5.41, 5.74) is 6.09. The second-order valence-corrected chi connectivity index (χ2v) is 27.7. The zero-order valence-corrected chi connectivity index (χ0v) is 56.6. The summed E-state index contributed by atoms with van der Waals surface area (Å²) < 4.78 is 73.3. The molecule has 1 saturated carbocycles. The van der Waals surface area contributed by atoms with Crippen LogP contribution < -0.4 is 30.6 Å². The molecule has 4 heterocycles. The number of aromatic amines is 1. The van der Waals surface area contributed by atoms with Crippen LogP contribution in [-0.2, 0) is 67.2 Å². The van der Waals surface area contributed by atoms with Crippen molar-refractivity contribution in [1.29, 1.82) is 5.26 Å². The van der Waals surface area contributed by atoms with E-state index < -0.39 is 42.5 Å². The van der Waals surface area contributed by atoms with Crippen LogP contribution in [0.3, 0.4) is 0 Å². The highest BCUT2D eigenvalue weighted by Crippen LogP contribution is 2.37. The molecule has 1 aliphatic carbocycles. The SMILES string of the molecule is CCc1cc(C)cc(CC)c1-c1c(OC(=O)C(C)(C)C)n2n(c1=O)CCOCC2.COc1ccccc1C(=O)NS(=O)(=O)c1ccc(C(=O)NC2CC2)cc1.Cc1c(C(=O)c2c[nH]n(C)c2=O)ccc(S(C)(=O)=O)c1C1=NOCC1.N#Cc1cc(Br)c(O)c(Br)c1. The van der Waals surface area contributed by atoms with Crippen molar-refractivity contribution in [2.45, 2.75) is 109 Å². The van der Waals surface area contributed by atoms with Crippen molar-refractivity contribution < 1.29 is 60.2 Å². The quantitative estimate of drug-likeness (QED) is 0.0583. The van der Waals surface area contributed by atoms with Gasteiger partial charge >= 0.3 is 5.97 Å². The zero-order chi connectivity index (χ0) is 66.9. The van der Waals surface area contributed by atoms with Crippen molar-refractivity contribution in [2.75, 3.05) is 33.2 Å². The highest BCUT2D eigenvalue weighted by molar-refractivity contribution is 9.11. The molecule has 5 aromatic carbocycles. The summed E-state index contributed by atoms with van der Waals surface area (Å²) in [5, 5.41) is 27.1. The van der Waals surface area contributed by atoms with Gasteiger partial charge in [-0.05, 0) is 175 Å². The molecular formula is C64H70Br2N8O15S2. The fraction of sp³-hybridized carbons (Fsp3) is 0.344. The van der Waals surface area contributed by atoms with Gasteiger partial charge in [-0.2, -0.15) is 5.26 Å². The van der Waals surface area contributed by atoms with Crippen molar-refractivity contribution >= 4 is 81.0 Å². The number of hydrogen-bond donors (Lipinski definition) is 4. The number of para-hydroxylation sites is 1. The molecule has 7 aromatic rings. The first-order valence-electron chi connectivity index (χ1n) is 28.7. The average molecular weight is 1420 g/mol. The monoisotopic (exact) mass is 1410 g/mol. The van der Waals surface area contributed by atoms with E-state index in [0.717, 1.165) is 48.6 Å². The number of carbonyl (C=O) groups excluding carboxylic acids is 4. The minimum atomic E-state index is -4.07. The van der Waals surface area contributed by atoms with E-state index in [2.05, 4.69) is 80.3 Å². The number of benzene rings is 5. The number of amides is 2. The number of halogens is 2. The summed E-state index contributed by atoms with van der Waals surface area (Å²) in [6.45, 7) is 15.5. The van der Waals surface area contributed by atoms with E-state index in [1.165, 1.54) is 73.1 Å². The van der Waals surface area contributed by atoms with Gasteiger partial charge in [0.25, 0.3) is 33.0 Å². The number of phenols is 1. The number of rotatable bonds is 14. The first-order chi connectivity index (χ1) is 42.9. The molecule has 0 unspecified atom stereocenters. The van der Waals surface area contributed by atoms with Crippen molar-refractivity contribution in [1.82, 2.24) is 29.2 Å². The Hall–Kier alpha value is -8.42. The lowest BCUT2D eigenvalue weighted by molar-refractivity contribution is -0.143. The van der Waals surface area contributed by atoms with Gasteiger partial charge in [0, 0.05) is 48.7 Å². The molecule has 0 bridgehead atoms. The lowest BCUT2D eigenvalue weighted by Gasteiger charge is -2.19. The third-order valence-corrected chi connectivity index (χ3v) is 18.2. The number of nitrogens with one attached hydrogen (secondary N) is 3. The van der Waals surface area contributed by atoms with Crippen LogP contribution in [0.15, 0.2) is 125 Å². The van der Waals surface area contributed by atoms with Gasteiger partial charge in [-0.25, -0.2) is 30.9 Å².